The van der Waals surface area contributed by atoms with Gasteiger partial charge in [-0.3, -0.25) is 0 Å². The Balaban J connectivity index is 2.82. The average molecular weight is 271 g/mol. The van der Waals surface area contributed by atoms with E-state index >= 15 is 0 Å². The molecule has 0 spiro atoms. The molecule has 0 heterocycles. The van der Waals surface area contributed by atoms with Crippen molar-refractivity contribution in [2.75, 3.05) is 0 Å². The maximum absolute atomic E-state index is 10.2. The van der Waals surface area contributed by atoms with Crippen molar-refractivity contribution in [1.29, 1.82) is 0 Å². The van der Waals surface area contributed by atoms with Gasteiger partial charge in [-0.1, -0.05) is 0 Å². The summed E-state index contributed by atoms with van der Waals surface area (Å²) in [6.07, 6.45) is 1.10. The quantitative estimate of drug-likeness (QED) is 0.832. The van der Waals surface area contributed by atoms with E-state index in [0.717, 1.165) is 10.9 Å². The van der Waals surface area contributed by atoms with Gasteiger partial charge in [0.1, 0.15) is 0 Å². The molecule has 0 radical (unpaired) electrons. The molecule has 1 aromatic rings. The maximum atomic E-state index is 10.2. The molecule has 1 aromatic carbocycles. The van der Waals surface area contributed by atoms with Gasteiger partial charge < -0.3 is 0 Å². The van der Waals surface area contributed by atoms with Gasteiger partial charge in [0.2, 0.25) is 0 Å². The molecule has 12 heavy (non-hydrogen) atoms. The van der Waals surface area contributed by atoms with Crippen LogP contribution in [0.15, 0.2) is 30.3 Å². The van der Waals surface area contributed by atoms with Crippen LogP contribution in [-0.4, -0.2) is 22.2 Å². The Kier molecular flexibility index (Phi) is 3.59. The van der Waals surface area contributed by atoms with Crippen LogP contribution in [0.2, 0.25) is 9.38 Å². The van der Waals surface area contributed by atoms with E-state index in [-0.39, 0.29) is 0 Å². The van der Waals surface area contributed by atoms with Crippen LogP contribution in [0.3, 0.4) is 0 Å². The van der Waals surface area contributed by atoms with Crippen molar-refractivity contribution in [3.63, 3.8) is 0 Å². The second kappa shape index (κ2) is 4.28. The molecule has 0 bridgehead atoms. The molecule has 0 saturated heterocycles. The first-order valence-electron chi connectivity index (χ1n) is 4.44. The van der Waals surface area contributed by atoms with E-state index < -0.39 is 18.8 Å². The van der Waals surface area contributed by atoms with E-state index in [2.05, 4.69) is 24.0 Å². The molecule has 0 aliphatic rings. The van der Waals surface area contributed by atoms with Crippen molar-refractivity contribution in [3.8, 4) is 0 Å². The van der Waals surface area contributed by atoms with Crippen molar-refractivity contribution >= 4 is 22.4 Å². The Morgan fingerprint density at radius 1 is 1.25 bits per heavy atom. The van der Waals surface area contributed by atoms with E-state index in [0.29, 0.717) is 0 Å². The van der Waals surface area contributed by atoms with Gasteiger partial charge in [-0.25, -0.2) is 0 Å². The summed E-state index contributed by atoms with van der Waals surface area (Å²) in [4.78, 5) is 2.08. The van der Waals surface area contributed by atoms with Crippen molar-refractivity contribution in [1.82, 2.24) is 0 Å². The summed E-state index contributed by atoms with van der Waals surface area (Å²) in [6.45, 7) is 2.13. The third kappa shape index (κ3) is 2.49. The first-order chi connectivity index (χ1) is 5.67. The Bertz CT molecular complexity index is 231. The van der Waals surface area contributed by atoms with Crippen LogP contribution < -0.4 is 3.58 Å². The molecule has 0 aliphatic carbocycles. The summed E-state index contributed by atoms with van der Waals surface area (Å²) in [7, 11) is 0. The summed E-state index contributed by atoms with van der Waals surface area (Å²) in [5, 5.41) is 0. The summed E-state index contributed by atoms with van der Waals surface area (Å²) < 4.78 is 12.4. The van der Waals surface area contributed by atoms with E-state index in [1.807, 2.05) is 18.2 Å². The van der Waals surface area contributed by atoms with Gasteiger partial charge in [-0.05, 0) is 0 Å². The molecule has 1 nitrogen and oxygen atoms in total. The van der Waals surface area contributed by atoms with Gasteiger partial charge in [0.05, 0.1) is 0 Å². The summed E-state index contributed by atoms with van der Waals surface area (Å²) in [5.74, 6) is 0. The van der Waals surface area contributed by atoms with Gasteiger partial charge >= 0.3 is 78.9 Å². The monoisotopic (exact) mass is 272 g/mol. The standard InChI is InChI=1S/C6H5.C3H7.CH3.H2O.Sn/c1-2-4-6-5-3-1;1-3-2;;;/h1-5H;1,3H2,2H3;1H3;1H2;/q;;;;+1/p-1. The average Bonchev–Trinajstić information content (AvgIpc) is 2.06. The van der Waals surface area contributed by atoms with E-state index in [1.54, 1.807) is 0 Å². The van der Waals surface area contributed by atoms with Crippen LogP contribution in [0.25, 0.3) is 0 Å². The molecule has 1 atom stereocenters. The molecule has 0 aromatic heterocycles. The van der Waals surface area contributed by atoms with Crippen molar-refractivity contribution in [3.05, 3.63) is 30.3 Å². The zero-order valence-electron chi connectivity index (χ0n) is 7.75. The fourth-order valence-corrected chi connectivity index (χ4v) is 7.63. The zero-order valence-corrected chi connectivity index (χ0v) is 10.6. The molecule has 0 fully saturated rings. The Morgan fingerprint density at radius 2 is 1.83 bits per heavy atom. The number of benzene rings is 1. The molecule has 66 valence electrons. The topological polar surface area (TPSA) is 20.2 Å². The van der Waals surface area contributed by atoms with Gasteiger partial charge in [0, 0.05) is 0 Å². The molecular formula is C10H16OSn. The third-order valence-electron chi connectivity index (χ3n) is 2.13. The molecular weight excluding hydrogens is 255 g/mol. The van der Waals surface area contributed by atoms with E-state index in [4.69, 9.17) is 0 Å². The summed E-state index contributed by atoms with van der Waals surface area (Å²) in [5.41, 5.74) is 0. The molecule has 2 heteroatoms. The van der Waals surface area contributed by atoms with Crippen molar-refractivity contribution in [2.24, 2.45) is 0 Å². The summed E-state index contributed by atoms with van der Waals surface area (Å²) >= 11 is -2.81. The van der Waals surface area contributed by atoms with Crippen molar-refractivity contribution in [2.45, 2.75) is 22.7 Å². The number of hydrogen-bond acceptors (Lipinski definition) is 1. The first-order valence-corrected chi connectivity index (χ1v) is 12.0. The van der Waals surface area contributed by atoms with Gasteiger partial charge in [-0.2, -0.15) is 0 Å². The molecule has 1 rings (SSSR count). The van der Waals surface area contributed by atoms with Crippen LogP contribution in [0.5, 0.6) is 0 Å². The fourth-order valence-electron chi connectivity index (χ4n) is 1.43. The molecule has 0 saturated carbocycles. The molecule has 1 N–H and O–H groups in total. The normalized spacial score (nSPS) is 15.6. The van der Waals surface area contributed by atoms with E-state index in [9.17, 15) is 3.44 Å². The number of rotatable bonds is 3. The second-order valence-electron chi connectivity index (χ2n) is 3.39. The van der Waals surface area contributed by atoms with Crippen LogP contribution in [0, 0.1) is 0 Å². The van der Waals surface area contributed by atoms with Gasteiger partial charge in [-0.15, -0.1) is 0 Å². The van der Waals surface area contributed by atoms with Crippen LogP contribution >= 0.6 is 0 Å². The Morgan fingerprint density at radius 3 is 2.33 bits per heavy atom. The Hall–Kier alpha value is -0.0213. The number of hydrogen-bond donors (Lipinski definition) is 1. The van der Waals surface area contributed by atoms with E-state index in [1.165, 1.54) is 3.58 Å². The predicted molar refractivity (Wildman–Crippen MR) is 55.0 cm³/mol. The second-order valence-corrected chi connectivity index (χ2v) is 13.7. The Labute approximate surface area is 78.9 Å². The van der Waals surface area contributed by atoms with Crippen LogP contribution in [0.4, 0.5) is 0 Å². The first kappa shape index (κ1) is 10.1. The zero-order chi connectivity index (χ0) is 9.03. The van der Waals surface area contributed by atoms with Crippen molar-refractivity contribution < 1.29 is 3.44 Å². The third-order valence-corrected chi connectivity index (χ3v) is 10.8. The molecule has 0 amide bonds. The van der Waals surface area contributed by atoms with Gasteiger partial charge in [0.25, 0.3) is 0 Å². The minimum atomic E-state index is -2.81. The summed E-state index contributed by atoms with van der Waals surface area (Å²) in [6, 6.07) is 10.1. The fraction of sp³-hybridized carbons (Fsp3) is 0.400. The van der Waals surface area contributed by atoms with Crippen LogP contribution in [-0.2, 0) is 0 Å². The molecule has 0 aliphatic heterocycles. The molecule has 1 unspecified atom stereocenters. The minimum absolute atomic E-state index is 1.03. The predicted octanol–water partition coefficient (Wildman–Crippen LogP) is 1.87. The SMILES string of the molecule is CC[CH2][Sn]([CH3])([OH])[c]1ccccc1. The van der Waals surface area contributed by atoms with Gasteiger partial charge in [0.15, 0.2) is 0 Å². The van der Waals surface area contributed by atoms with Crippen LogP contribution in [0.1, 0.15) is 13.3 Å².